The number of carbonyl (C=O) groups is 1. The molecule has 0 radical (unpaired) electrons. The van der Waals surface area contributed by atoms with Gasteiger partial charge in [-0.25, -0.2) is 4.79 Å². The van der Waals surface area contributed by atoms with Crippen molar-refractivity contribution in [2.75, 3.05) is 0 Å². The van der Waals surface area contributed by atoms with Crippen molar-refractivity contribution < 1.29 is 14.6 Å². The first kappa shape index (κ1) is 14.7. The maximum atomic E-state index is 11.8. The van der Waals surface area contributed by atoms with Gasteiger partial charge in [-0.15, -0.1) is 0 Å². The van der Waals surface area contributed by atoms with E-state index in [1.165, 1.54) is 0 Å². The van der Waals surface area contributed by atoms with Crippen LogP contribution in [0.4, 0.5) is 0 Å². The molecule has 0 bridgehead atoms. The summed E-state index contributed by atoms with van der Waals surface area (Å²) in [4.78, 5) is 11.8. The molecule has 0 aromatic heterocycles. The van der Waals surface area contributed by atoms with Crippen molar-refractivity contribution >= 4 is 5.97 Å². The Bertz CT molecular complexity index is 342. The zero-order valence-electron chi connectivity index (χ0n) is 11.1. The fourth-order valence-corrected chi connectivity index (χ4v) is 1.91. The predicted molar refractivity (Wildman–Crippen MR) is 71.1 cm³/mol. The van der Waals surface area contributed by atoms with Crippen molar-refractivity contribution in [3.8, 4) is 0 Å². The van der Waals surface area contributed by atoms with Gasteiger partial charge < -0.3 is 9.84 Å². The molecule has 0 saturated carbocycles. The smallest absolute Gasteiger partial charge is 0.339 e. The van der Waals surface area contributed by atoms with Crippen molar-refractivity contribution in [1.29, 1.82) is 0 Å². The number of aliphatic hydroxyl groups is 1. The van der Waals surface area contributed by atoms with Crippen LogP contribution in [0.25, 0.3) is 0 Å². The monoisotopic (exact) mass is 250 g/mol. The van der Waals surface area contributed by atoms with Gasteiger partial charge >= 0.3 is 5.97 Å². The Morgan fingerprint density at radius 2 is 1.72 bits per heavy atom. The molecule has 100 valence electrons. The average molecular weight is 250 g/mol. The molecule has 0 saturated heterocycles. The third-order valence-corrected chi connectivity index (χ3v) is 2.84. The molecule has 0 aliphatic carbocycles. The molecule has 1 N–H and O–H groups in total. The van der Waals surface area contributed by atoms with E-state index in [1.807, 2.05) is 6.07 Å². The van der Waals surface area contributed by atoms with Crippen LogP contribution in [-0.2, 0) is 9.53 Å². The molecular weight excluding hydrogens is 228 g/mol. The highest BCUT2D eigenvalue weighted by molar-refractivity contribution is 5.76. The first-order valence-corrected chi connectivity index (χ1v) is 6.62. The van der Waals surface area contributed by atoms with Crippen LogP contribution in [0, 0.1) is 0 Å². The second-order valence-electron chi connectivity index (χ2n) is 4.45. The standard InChI is InChI=1S/C15H22O3/c1-3-8-13(9-4-2)18-15(17)14(16)12-10-6-5-7-11-12/h5-7,10-11,13-14,16H,3-4,8-9H2,1-2H3/t14-/m1/s1. The fourth-order valence-electron chi connectivity index (χ4n) is 1.91. The second kappa shape index (κ2) is 7.88. The van der Waals surface area contributed by atoms with Gasteiger partial charge in [-0.1, -0.05) is 57.0 Å². The van der Waals surface area contributed by atoms with E-state index in [4.69, 9.17) is 4.74 Å². The Morgan fingerprint density at radius 1 is 1.17 bits per heavy atom. The van der Waals surface area contributed by atoms with Gasteiger partial charge in [0.2, 0.25) is 0 Å². The van der Waals surface area contributed by atoms with Crippen molar-refractivity contribution in [3.05, 3.63) is 35.9 Å². The Balaban J connectivity index is 2.58. The molecule has 1 atom stereocenters. The van der Waals surface area contributed by atoms with Crippen LogP contribution in [0.15, 0.2) is 30.3 Å². The maximum Gasteiger partial charge on any atom is 0.339 e. The topological polar surface area (TPSA) is 46.5 Å². The molecule has 0 aliphatic rings. The van der Waals surface area contributed by atoms with Crippen molar-refractivity contribution in [1.82, 2.24) is 0 Å². The first-order chi connectivity index (χ1) is 8.69. The number of hydrogen-bond donors (Lipinski definition) is 1. The minimum absolute atomic E-state index is 0.0779. The third kappa shape index (κ3) is 4.49. The molecule has 3 nitrogen and oxygen atoms in total. The molecule has 0 heterocycles. The van der Waals surface area contributed by atoms with E-state index < -0.39 is 12.1 Å². The summed E-state index contributed by atoms with van der Waals surface area (Å²) in [6.45, 7) is 4.12. The molecule has 1 rings (SSSR count). The Hall–Kier alpha value is -1.35. The van der Waals surface area contributed by atoms with E-state index in [2.05, 4.69) is 13.8 Å². The van der Waals surface area contributed by atoms with Gasteiger partial charge in [-0.2, -0.15) is 0 Å². The summed E-state index contributed by atoms with van der Waals surface area (Å²) in [7, 11) is 0. The molecular formula is C15H22O3. The van der Waals surface area contributed by atoms with E-state index in [0.717, 1.165) is 25.7 Å². The van der Waals surface area contributed by atoms with Crippen LogP contribution in [-0.4, -0.2) is 17.2 Å². The number of esters is 1. The molecule has 0 fully saturated rings. The Morgan fingerprint density at radius 3 is 2.22 bits per heavy atom. The van der Waals surface area contributed by atoms with Gasteiger partial charge in [0.15, 0.2) is 6.10 Å². The number of ether oxygens (including phenoxy) is 1. The molecule has 0 unspecified atom stereocenters. The number of carbonyl (C=O) groups excluding carboxylic acids is 1. The van der Waals surface area contributed by atoms with Crippen molar-refractivity contribution in [2.24, 2.45) is 0 Å². The summed E-state index contributed by atoms with van der Waals surface area (Å²) in [5.74, 6) is -0.548. The van der Waals surface area contributed by atoms with Gasteiger partial charge in [-0.05, 0) is 18.4 Å². The number of aliphatic hydroxyl groups excluding tert-OH is 1. The fraction of sp³-hybridized carbons (Fsp3) is 0.533. The molecule has 3 heteroatoms. The van der Waals surface area contributed by atoms with Crippen LogP contribution in [0.1, 0.15) is 51.2 Å². The quantitative estimate of drug-likeness (QED) is 0.756. The number of benzene rings is 1. The molecule has 18 heavy (non-hydrogen) atoms. The summed E-state index contributed by atoms with van der Waals surface area (Å²) < 4.78 is 5.36. The molecule has 0 spiro atoms. The maximum absolute atomic E-state index is 11.8. The lowest BCUT2D eigenvalue weighted by Crippen LogP contribution is -2.23. The number of hydrogen-bond acceptors (Lipinski definition) is 3. The van der Waals surface area contributed by atoms with Gasteiger partial charge in [0.05, 0.1) is 0 Å². The molecule has 0 amide bonds. The van der Waals surface area contributed by atoms with Crippen LogP contribution in [0.2, 0.25) is 0 Å². The summed E-state index contributed by atoms with van der Waals surface area (Å²) in [6, 6.07) is 8.88. The zero-order valence-corrected chi connectivity index (χ0v) is 11.1. The highest BCUT2D eigenvalue weighted by Crippen LogP contribution is 2.17. The van der Waals surface area contributed by atoms with E-state index >= 15 is 0 Å². The summed E-state index contributed by atoms with van der Waals surface area (Å²) in [5.41, 5.74) is 0.578. The lowest BCUT2D eigenvalue weighted by molar-refractivity contribution is -0.160. The van der Waals surface area contributed by atoms with Crippen molar-refractivity contribution in [2.45, 2.75) is 51.7 Å². The lowest BCUT2D eigenvalue weighted by Gasteiger charge is -2.19. The van der Waals surface area contributed by atoms with Crippen LogP contribution in [0.5, 0.6) is 0 Å². The van der Waals surface area contributed by atoms with Gasteiger partial charge in [0.25, 0.3) is 0 Å². The highest BCUT2D eigenvalue weighted by Gasteiger charge is 2.22. The van der Waals surface area contributed by atoms with Crippen molar-refractivity contribution in [3.63, 3.8) is 0 Å². The summed E-state index contributed by atoms with van der Waals surface area (Å²) in [5, 5.41) is 9.90. The van der Waals surface area contributed by atoms with E-state index in [9.17, 15) is 9.90 Å². The van der Waals surface area contributed by atoms with E-state index in [1.54, 1.807) is 24.3 Å². The minimum Gasteiger partial charge on any atom is -0.460 e. The Kier molecular flexibility index (Phi) is 6.44. The molecule has 0 aliphatic heterocycles. The zero-order chi connectivity index (χ0) is 13.4. The molecule has 1 aromatic rings. The van der Waals surface area contributed by atoms with Crippen LogP contribution < -0.4 is 0 Å². The van der Waals surface area contributed by atoms with Gasteiger partial charge in [-0.3, -0.25) is 0 Å². The lowest BCUT2D eigenvalue weighted by atomic mass is 10.1. The van der Waals surface area contributed by atoms with Gasteiger partial charge in [0.1, 0.15) is 6.10 Å². The van der Waals surface area contributed by atoms with Crippen LogP contribution in [0.3, 0.4) is 0 Å². The average Bonchev–Trinajstić information content (AvgIpc) is 2.39. The normalized spacial score (nSPS) is 12.4. The SMILES string of the molecule is CCCC(CCC)OC(=O)[C@H](O)c1ccccc1. The summed E-state index contributed by atoms with van der Waals surface area (Å²) in [6.07, 6.45) is 2.38. The highest BCUT2D eigenvalue weighted by atomic mass is 16.6. The van der Waals surface area contributed by atoms with Crippen LogP contribution >= 0.6 is 0 Å². The van der Waals surface area contributed by atoms with Gasteiger partial charge in [0, 0.05) is 0 Å². The minimum atomic E-state index is -1.18. The summed E-state index contributed by atoms with van der Waals surface area (Å²) >= 11 is 0. The number of rotatable bonds is 7. The van der Waals surface area contributed by atoms with E-state index in [0.29, 0.717) is 5.56 Å². The van der Waals surface area contributed by atoms with E-state index in [-0.39, 0.29) is 6.10 Å². The Labute approximate surface area is 109 Å². The predicted octanol–water partition coefficient (Wildman–Crippen LogP) is 3.23. The third-order valence-electron chi connectivity index (χ3n) is 2.84. The largest absolute Gasteiger partial charge is 0.460 e. The first-order valence-electron chi connectivity index (χ1n) is 6.62. The molecule has 1 aromatic carbocycles. The second-order valence-corrected chi connectivity index (χ2v) is 4.45.